The van der Waals surface area contributed by atoms with Gasteiger partial charge in [0.15, 0.2) is 0 Å². The average Bonchev–Trinajstić information content (AvgIpc) is 2.75. The number of nitrogens with one attached hydrogen (secondary N) is 1. The molecule has 0 saturated carbocycles. The van der Waals surface area contributed by atoms with Gasteiger partial charge >= 0.3 is 5.97 Å². The largest absolute Gasteiger partial charge is 0.481 e. The molecule has 110 valence electrons. The van der Waals surface area contributed by atoms with Crippen LogP contribution in [0, 0.1) is 0 Å². The van der Waals surface area contributed by atoms with E-state index in [9.17, 15) is 9.59 Å². The number of carbonyl (C=O) groups is 2. The lowest BCUT2D eigenvalue weighted by atomic mass is 10.0. The molecule has 1 fully saturated rings. The summed E-state index contributed by atoms with van der Waals surface area (Å²) in [6.45, 7) is 6.62. The summed E-state index contributed by atoms with van der Waals surface area (Å²) in [6, 6.07) is -0.280. The lowest BCUT2D eigenvalue weighted by molar-refractivity contribution is -0.141. The molecule has 1 rings (SSSR count). The summed E-state index contributed by atoms with van der Waals surface area (Å²) in [5.74, 6) is -0.940. The van der Waals surface area contributed by atoms with E-state index in [-0.39, 0.29) is 36.6 Å². The van der Waals surface area contributed by atoms with E-state index in [1.54, 1.807) is 12.0 Å². The third kappa shape index (κ3) is 4.47. The van der Waals surface area contributed by atoms with Crippen LogP contribution in [0.15, 0.2) is 0 Å². The monoisotopic (exact) mass is 272 g/mol. The van der Waals surface area contributed by atoms with Crippen LogP contribution in [0.1, 0.15) is 33.6 Å². The molecule has 6 nitrogen and oxygen atoms in total. The van der Waals surface area contributed by atoms with Crippen molar-refractivity contribution in [2.75, 3.05) is 20.2 Å². The molecule has 0 spiro atoms. The Morgan fingerprint density at radius 3 is 2.47 bits per heavy atom. The number of hydrogen-bond acceptors (Lipinski definition) is 4. The average molecular weight is 272 g/mol. The molecule has 1 amide bonds. The van der Waals surface area contributed by atoms with Crippen LogP contribution in [-0.2, 0) is 14.3 Å². The smallest absolute Gasteiger partial charge is 0.305 e. The number of carboxylic acid groups (broad SMARTS) is 1. The molecule has 0 bridgehead atoms. The molecule has 19 heavy (non-hydrogen) atoms. The lowest BCUT2D eigenvalue weighted by Gasteiger charge is -2.37. The standard InChI is InChI=1S/C13H24N2O4/c1-13(2,3)15(6-5-11(16)17)12(18)10-7-9(19-4)8-14-10/h9-10,14H,5-8H2,1-4H3,(H,16,17). The van der Waals surface area contributed by atoms with Crippen LogP contribution in [0.3, 0.4) is 0 Å². The molecule has 6 heteroatoms. The third-order valence-electron chi connectivity index (χ3n) is 3.35. The Bertz CT molecular complexity index is 338. The van der Waals surface area contributed by atoms with Gasteiger partial charge in [0, 0.05) is 25.7 Å². The Labute approximate surface area is 114 Å². The van der Waals surface area contributed by atoms with Gasteiger partial charge in [-0.2, -0.15) is 0 Å². The topological polar surface area (TPSA) is 78.9 Å². The van der Waals surface area contributed by atoms with Gasteiger partial charge in [0.1, 0.15) is 0 Å². The first-order valence-corrected chi connectivity index (χ1v) is 6.55. The van der Waals surface area contributed by atoms with Crippen molar-refractivity contribution in [2.24, 2.45) is 0 Å². The van der Waals surface area contributed by atoms with Crippen molar-refractivity contribution in [1.29, 1.82) is 0 Å². The normalized spacial score (nSPS) is 23.4. The van der Waals surface area contributed by atoms with Crippen LogP contribution in [0.5, 0.6) is 0 Å². The predicted octanol–water partition coefficient (Wildman–Crippen LogP) is 0.465. The summed E-state index contributed by atoms with van der Waals surface area (Å²) in [5.41, 5.74) is -0.390. The fourth-order valence-corrected chi connectivity index (χ4v) is 2.24. The highest BCUT2D eigenvalue weighted by Crippen LogP contribution is 2.19. The van der Waals surface area contributed by atoms with E-state index in [1.165, 1.54) is 0 Å². The SMILES string of the molecule is COC1CNC(C(=O)N(CCC(=O)O)C(C)(C)C)C1. The number of rotatable bonds is 5. The molecular formula is C13H24N2O4. The van der Waals surface area contributed by atoms with Crippen molar-refractivity contribution < 1.29 is 19.4 Å². The molecule has 0 aromatic carbocycles. The number of nitrogens with zero attached hydrogens (tertiary/aromatic N) is 1. The minimum absolute atomic E-state index is 0.0383. The molecular weight excluding hydrogens is 248 g/mol. The number of carboxylic acids is 1. The molecule has 1 aliphatic heterocycles. The van der Waals surface area contributed by atoms with Crippen molar-refractivity contribution in [2.45, 2.75) is 51.3 Å². The second-order valence-electron chi connectivity index (χ2n) is 5.86. The highest BCUT2D eigenvalue weighted by atomic mass is 16.5. The number of methoxy groups -OCH3 is 1. The first-order chi connectivity index (χ1) is 8.75. The summed E-state index contributed by atoms with van der Waals surface area (Å²) in [7, 11) is 1.63. The van der Waals surface area contributed by atoms with E-state index >= 15 is 0 Å². The van der Waals surface area contributed by atoms with Gasteiger partial charge in [-0.1, -0.05) is 0 Å². The van der Waals surface area contributed by atoms with E-state index in [2.05, 4.69) is 5.32 Å². The number of ether oxygens (including phenoxy) is 1. The highest BCUT2D eigenvalue weighted by molar-refractivity contribution is 5.83. The highest BCUT2D eigenvalue weighted by Gasteiger charge is 2.36. The summed E-state index contributed by atoms with van der Waals surface area (Å²) >= 11 is 0. The Hall–Kier alpha value is -1.14. The fraction of sp³-hybridized carbons (Fsp3) is 0.846. The molecule has 0 radical (unpaired) electrons. The van der Waals surface area contributed by atoms with Crippen molar-refractivity contribution >= 4 is 11.9 Å². The van der Waals surface area contributed by atoms with Crippen LogP contribution in [0.2, 0.25) is 0 Å². The van der Waals surface area contributed by atoms with E-state index in [0.29, 0.717) is 13.0 Å². The minimum atomic E-state index is -0.892. The summed E-state index contributed by atoms with van der Waals surface area (Å²) in [6.07, 6.45) is 0.647. The first kappa shape index (κ1) is 15.9. The maximum atomic E-state index is 12.5. The van der Waals surface area contributed by atoms with Gasteiger partial charge in [-0.25, -0.2) is 0 Å². The zero-order chi connectivity index (χ0) is 14.6. The van der Waals surface area contributed by atoms with E-state index < -0.39 is 5.97 Å². The summed E-state index contributed by atoms with van der Waals surface area (Å²) in [5, 5.41) is 11.9. The lowest BCUT2D eigenvalue weighted by Crippen LogP contribution is -2.52. The first-order valence-electron chi connectivity index (χ1n) is 6.55. The van der Waals surface area contributed by atoms with E-state index in [4.69, 9.17) is 9.84 Å². The van der Waals surface area contributed by atoms with Crippen LogP contribution in [0.4, 0.5) is 0 Å². The van der Waals surface area contributed by atoms with Gasteiger partial charge in [0.25, 0.3) is 0 Å². The molecule has 0 aromatic heterocycles. The van der Waals surface area contributed by atoms with Gasteiger partial charge in [-0.15, -0.1) is 0 Å². The van der Waals surface area contributed by atoms with Crippen molar-refractivity contribution in [3.05, 3.63) is 0 Å². The van der Waals surface area contributed by atoms with E-state index in [1.807, 2.05) is 20.8 Å². The molecule has 0 aromatic rings. The molecule has 2 N–H and O–H groups in total. The summed E-state index contributed by atoms with van der Waals surface area (Å²) < 4.78 is 5.23. The predicted molar refractivity (Wildman–Crippen MR) is 70.9 cm³/mol. The molecule has 1 aliphatic rings. The molecule has 0 aliphatic carbocycles. The van der Waals surface area contributed by atoms with Gasteiger partial charge in [-0.05, 0) is 27.2 Å². The van der Waals surface area contributed by atoms with Gasteiger partial charge < -0.3 is 20.1 Å². The number of carbonyl (C=O) groups excluding carboxylic acids is 1. The maximum absolute atomic E-state index is 12.5. The van der Waals surface area contributed by atoms with Gasteiger partial charge in [0.05, 0.1) is 18.6 Å². The van der Waals surface area contributed by atoms with Gasteiger partial charge in [0.2, 0.25) is 5.91 Å². The third-order valence-corrected chi connectivity index (χ3v) is 3.35. The van der Waals surface area contributed by atoms with Crippen molar-refractivity contribution in [3.63, 3.8) is 0 Å². The van der Waals surface area contributed by atoms with Crippen molar-refractivity contribution in [1.82, 2.24) is 10.2 Å². The zero-order valence-corrected chi connectivity index (χ0v) is 12.1. The molecule has 2 atom stereocenters. The fourth-order valence-electron chi connectivity index (χ4n) is 2.24. The van der Waals surface area contributed by atoms with Crippen LogP contribution in [-0.4, -0.2) is 59.8 Å². The number of hydrogen-bond donors (Lipinski definition) is 2. The van der Waals surface area contributed by atoms with Crippen LogP contribution >= 0.6 is 0 Å². The zero-order valence-electron chi connectivity index (χ0n) is 12.1. The number of aliphatic carboxylic acids is 1. The quantitative estimate of drug-likeness (QED) is 0.760. The van der Waals surface area contributed by atoms with E-state index in [0.717, 1.165) is 0 Å². The molecule has 1 heterocycles. The molecule has 1 saturated heterocycles. The molecule has 2 unspecified atom stereocenters. The Kier molecular flexibility index (Phi) is 5.31. The maximum Gasteiger partial charge on any atom is 0.305 e. The Morgan fingerprint density at radius 1 is 1.42 bits per heavy atom. The number of amides is 1. The summed E-state index contributed by atoms with van der Waals surface area (Å²) in [4.78, 5) is 24.8. The van der Waals surface area contributed by atoms with Crippen molar-refractivity contribution in [3.8, 4) is 0 Å². The minimum Gasteiger partial charge on any atom is -0.481 e. The van der Waals surface area contributed by atoms with Crippen LogP contribution < -0.4 is 5.32 Å². The Morgan fingerprint density at radius 2 is 2.05 bits per heavy atom. The van der Waals surface area contributed by atoms with Gasteiger partial charge in [-0.3, -0.25) is 9.59 Å². The second kappa shape index (κ2) is 6.34. The Balaban J connectivity index is 2.69. The van der Waals surface area contributed by atoms with Crippen LogP contribution in [0.25, 0.3) is 0 Å². The second-order valence-corrected chi connectivity index (χ2v) is 5.86.